The quantitative estimate of drug-likeness (QED) is 0.925. The fourth-order valence-corrected chi connectivity index (χ4v) is 3.67. The van der Waals surface area contributed by atoms with Crippen LogP contribution in [0.15, 0.2) is 52.3 Å². The van der Waals surface area contributed by atoms with Gasteiger partial charge in [-0.1, -0.05) is 6.07 Å². The monoisotopic (exact) mass is 337 g/mol. The summed E-state index contributed by atoms with van der Waals surface area (Å²) in [5.41, 5.74) is 0. The van der Waals surface area contributed by atoms with Gasteiger partial charge in [0.05, 0.1) is 9.79 Å². The molecule has 1 atom stereocenters. The zero-order valence-corrected chi connectivity index (χ0v) is 13.3. The Kier molecular flexibility index (Phi) is 4.23. The van der Waals surface area contributed by atoms with Crippen molar-refractivity contribution in [3.05, 3.63) is 48.3 Å². The van der Waals surface area contributed by atoms with Crippen LogP contribution in [0.25, 0.3) is 0 Å². The molecule has 0 bridgehead atoms. The Morgan fingerprint density at radius 2 is 1.96 bits per heavy atom. The standard InChI is InChI=1S/C16H16FNO4S/c1-18-9-12-10-21-15-6-5-14(8-16(15)22-12)23(19,20)13-4-2-3-11(17)7-13/h2-8,12,18H,9-10H2,1H3/t12-/m1/s1. The first kappa shape index (κ1) is 15.8. The molecule has 0 saturated heterocycles. The molecule has 1 aliphatic heterocycles. The summed E-state index contributed by atoms with van der Waals surface area (Å²) in [7, 11) is -2.02. The number of sulfone groups is 1. The summed E-state index contributed by atoms with van der Waals surface area (Å²) in [6.45, 7) is 0.976. The summed E-state index contributed by atoms with van der Waals surface area (Å²) < 4.78 is 49.8. The van der Waals surface area contributed by atoms with Crippen molar-refractivity contribution < 1.29 is 22.3 Å². The molecule has 1 aliphatic rings. The van der Waals surface area contributed by atoms with E-state index in [0.29, 0.717) is 24.7 Å². The lowest BCUT2D eigenvalue weighted by atomic mass is 10.2. The zero-order chi connectivity index (χ0) is 16.4. The van der Waals surface area contributed by atoms with Crippen molar-refractivity contribution in [2.75, 3.05) is 20.2 Å². The second-order valence-electron chi connectivity index (χ2n) is 5.18. The van der Waals surface area contributed by atoms with Gasteiger partial charge in [-0.3, -0.25) is 0 Å². The maximum absolute atomic E-state index is 13.3. The molecule has 2 aromatic rings. The average Bonchev–Trinajstić information content (AvgIpc) is 2.54. The highest BCUT2D eigenvalue weighted by molar-refractivity contribution is 7.91. The lowest BCUT2D eigenvalue weighted by Gasteiger charge is -2.26. The van der Waals surface area contributed by atoms with Crippen molar-refractivity contribution in [3.63, 3.8) is 0 Å². The Morgan fingerprint density at radius 1 is 1.17 bits per heavy atom. The van der Waals surface area contributed by atoms with Crippen molar-refractivity contribution in [1.29, 1.82) is 0 Å². The summed E-state index contributed by atoms with van der Waals surface area (Å²) >= 11 is 0. The van der Waals surface area contributed by atoms with Crippen molar-refractivity contribution in [2.45, 2.75) is 15.9 Å². The summed E-state index contributed by atoms with van der Waals surface area (Å²) in [5.74, 6) is 0.266. The van der Waals surface area contributed by atoms with Crippen molar-refractivity contribution in [2.24, 2.45) is 0 Å². The lowest BCUT2D eigenvalue weighted by Crippen LogP contribution is -2.37. The average molecular weight is 337 g/mol. The zero-order valence-electron chi connectivity index (χ0n) is 12.5. The van der Waals surface area contributed by atoms with Crippen molar-refractivity contribution >= 4 is 9.84 Å². The molecule has 1 N–H and O–H groups in total. The van der Waals surface area contributed by atoms with Crippen molar-refractivity contribution in [1.82, 2.24) is 5.32 Å². The maximum Gasteiger partial charge on any atom is 0.206 e. The van der Waals surface area contributed by atoms with E-state index in [0.717, 1.165) is 6.07 Å². The van der Waals surface area contributed by atoms with Crippen LogP contribution in [0.4, 0.5) is 4.39 Å². The van der Waals surface area contributed by atoms with Gasteiger partial charge >= 0.3 is 0 Å². The number of fused-ring (bicyclic) bond motifs is 1. The van der Waals surface area contributed by atoms with Gasteiger partial charge in [-0.25, -0.2) is 12.8 Å². The molecule has 1 heterocycles. The second-order valence-corrected chi connectivity index (χ2v) is 7.13. The molecule has 0 amide bonds. The Labute approximate surface area is 134 Å². The first-order chi connectivity index (χ1) is 11.0. The van der Waals surface area contributed by atoms with E-state index in [2.05, 4.69) is 5.32 Å². The molecule has 7 heteroatoms. The molecule has 23 heavy (non-hydrogen) atoms. The van der Waals surface area contributed by atoms with E-state index >= 15 is 0 Å². The van der Waals surface area contributed by atoms with Crippen LogP contribution in [0.5, 0.6) is 11.5 Å². The van der Waals surface area contributed by atoms with Gasteiger partial charge in [0.1, 0.15) is 18.5 Å². The molecule has 0 spiro atoms. The summed E-state index contributed by atoms with van der Waals surface area (Å²) in [6.07, 6.45) is -0.195. The lowest BCUT2D eigenvalue weighted by molar-refractivity contribution is 0.0915. The van der Waals surface area contributed by atoms with Crippen LogP contribution in [0.2, 0.25) is 0 Å². The number of hydrogen-bond donors (Lipinski definition) is 1. The molecule has 122 valence electrons. The number of benzene rings is 2. The Balaban J connectivity index is 1.97. The fraction of sp³-hybridized carbons (Fsp3) is 0.250. The van der Waals surface area contributed by atoms with Crippen LogP contribution in [-0.2, 0) is 9.84 Å². The summed E-state index contributed by atoms with van der Waals surface area (Å²) in [4.78, 5) is -0.0588. The minimum Gasteiger partial charge on any atom is -0.486 e. The Hall–Kier alpha value is -2.12. The smallest absolute Gasteiger partial charge is 0.206 e. The number of nitrogens with one attached hydrogen (secondary N) is 1. The minimum atomic E-state index is -3.82. The molecule has 0 fully saturated rings. The molecular weight excluding hydrogens is 321 g/mol. The first-order valence-electron chi connectivity index (χ1n) is 7.09. The molecule has 0 aromatic heterocycles. The normalized spacial score (nSPS) is 17.0. The van der Waals surface area contributed by atoms with Gasteiger partial charge in [-0.2, -0.15) is 0 Å². The van der Waals surface area contributed by atoms with Gasteiger partial charge in [-0.05, 0) is 37.4 Å². The Bertz CT molecular complexity index is 823. The highest BCUT2D eigenvalue weighted by atomic mass is 32.2. The number of halogens is 1. The van der Waals surface area contributed by atoms with Gasteiger partial charge in [0.2, 0.25) is 9.84 Å². The molecule has 2 aromatic carbocycles. The van der Waals surface area contributed by atoms with Gasteiger partial charge < -0.3 is 14.8 Å². The fourth-order valence-electron chi connectivity index (χ4n) is 2.36. The van der Waals surface area contributed by atoms with Gasteiger partial charge in [0.25, 0.3) is 0 Å². The minimum absolute atomic E-state index is 0.0376. The molecular formula is C16H16FNO4S. The molecule has 0 unspecified atom stereocenters. The second kappa shape index (κ2) is 6.17. The number of likely N-dealkylation sites (N-methyl/N-ethyl adjacent to an activating group) is 1. The third-order valence-electron chi connectivity index (χ3n) is 3.48. The van der Waals surface area contributed by atoms with E-state index < -0.39 is 15.7 Å². The SMILES string of the molecule is CNC[C@@H]1COc2ccc(S(=O)(=O)c3cccc(F)c3)cc2O1. The van der Waals surface area contributed by atoms with E-state index in [1.54, 1.807) is 13.1 Å². The largest absolute Gasteiger partial charge is 0.486 e. The maximum atomic E-state index is 13.3. The number of ether oxygens (including phenoxy) is 2. The van der Waals surface area contributed by atoms with Crippen LogP contribution >= 0.6 is 0 Å². The molecule has 5 nitrogen and oxygen atoms in total. The Morgan fingerprint density at radius 3 is 2.70 bits per heavy atom. The van der Waals surface area contributed by atoms with E-state index in [4.69, 9.17) is 9.47 Å². The van der Waals surface area contributed by atoms with Crippen LogP contribution in [0.1, 0.15) is 0 Å². The first-order valence-corrected chi connectivity index (χ1v) is 8.58. The number of hydrogen-bond acceptors (Lipinski definition) is 5. The van der Waals surface area contributed by atoms with Crippen molar-refractivity contribution in [3.8, 4) is 11.5 Å². The van der Waals surface area contributed by atoms with Crippen LogP contribution in [0, 0.1) is 5.82 Å². The topological polar surface area (TPSA) is 64.6 Å². The van der Waals surface area contributed by atoms with E-state index in [9.17, 15) is 12.8 Å². The van der Waals surface area contributed by atoms with Gasteiger partial charge in [0.15, 0.2) is 11.5 Å². The van der Waals surface area contributed by atoms with Crippen LogP contribution < -0.4 is 14.8 Å². The summed E-state index contributed by atoms with van der Waals surface area (Å²) in [6, 6.07) is 9.32. The highest BCUT2D eigenvalue weighted by Crippen LogP contribution is 2.35. The van der Waals surface area contributed by atoms with Gasteiger partial charge in [-0.15, -0.1) is 0 Å². The molecule has 0 aliphatic carbocycles. The summed E-state index contributed by atoms with van der Waals surface area (Å²) in [5, 5.41) is 2.98. The highest BCUT2D eigenvalue weighted by Gasteiger charge is 2.25. The number of rotatable bonds is 4. The van der Waals surface area contributed by atoms with E-state index in [1.807, 2.05) is 0 Å². The van der Waals surface area contributed by atoms with E-state index in [-0.39, 0.29) is 15.9 Å². The molecule has 3 rings (SSSR count). The predicted octanol–water partition coefficient (Wildman–Crippen LogP) is 2.02. The van der Waals surface area contributed by atoms with Gasteiger partial charge in [0, 0.05) is 12.6 Å². The van der Waals surface area contributed by atoms with Crippen LogP contribution in [-0.4, -0.2) is 34.7 Å². The third kappa shape index (κ3) is 3.16. The third-order valence-corrected chi connectivity index (χ3v) is 5.23. The molecule has 0 radical (unpaired) electrons. The van der Waals surface area contributed by atoms with Crippen LogP contribution in [0.3, 0.4) is 0 Å². The molecule has 0 saturated carbocycles. The van der Waals surface area contributed by atoms with E-state index in [1.165, 1.54) is 30.3 Å². The predicted molar refractivity (Wildman–Crippen MR) is 82.1 cm³/mol.